The number of nitrogens with one attached hydrogen (secondary N) is 1. The van der Waals surface area contributed by atoms with Crippen LogP contribution in [0.2, 0.25) is 0 Å². The molecule has 0 unspecified atom stereocenters. The Balaban J connectivity index is 1.82. The Bertz CT molecular complexity index is 778. The predicted molar refractivity (Wildman–Crippen MR) is 84.9 cm³/mol. The minimum Gasteiger partial charge on any atom is -0.274 e. The van der Waals surface area contributed by atoms with Crippen molar-refractivity contribution in [3.63, 3.8) is 0 Å². The lowest BCUT2D eigenvalue weighted by atomic mass is 9.79. The van der Waals surface area contributed by atoms with E-state index in [1.165, 1.54) is 29.2 Å². The van der Waals surface area contributed by atoms with Gasteiger partial charge < -0.3 is 0 Å². The average Bonchev–Trinajstić information content (AvgIpc) is 3.16. The third kappa shape index (κ3) is 3.30. The molecule has 3 rings (SSSR count). The van der Waals surface area contributed by atoms with E-state index in [9.17, 15) is 12.8 Å². The van der Waals surface area contributed by atoms with E-state index in [1.54, 1.807) is 19.2 Å². The number of halogens is 1. The van der Waals surface area contributed by atoms with Gasteiger partial charge in [-0.1, -0.05) is 25.0 Å². The van der Waals surface area contributed by atoms with Crippen molar-refractivity contribution in [1.29, 1.82) is 0 Å². The maximum atomic E-state index is 13.2. The van der Waals surface area contributed by atoms with Gasteiger partial charge >= 0.3 is 0 Å². The van der Waals surface area contributed by atoms with E-state index < -0.39 is 10.0 Å². The van der Waals surface area contributed by atoms with E-state index >= 15 is 0 Å². The van der Waals surface area contributed by atoms with Crippen molar-refractivity contribution in [3.8, 4) is 0 Å². The highest BCUT2D eigenvalue weighted by molar-refractivity contribution is 7.89. The van der Waals surface area contributed by atoms with Crippen molar-refractivity contribution in [1.82, 2.24) is 14.5 Å². The summed E-state index contributed by atoms with van der Waals surface area (Å²) in [6.45, 7) is 0.315. The van der Waals surface area contributed by atoms with Crippen LogP contribution in [0.1, 0.15) is 31.2 Å². The van der Waals surface area contributed by atoms with Crippen molar-refractivity contribution in [2.45, 2.75) is 36.0 Å². The molecule has 5 nitrogen and oxygen atoms in total. The van der Waals surface area contributed by atoms with Gasteiger partial charge in [-0.05, 0) is 30.5 Å². The fourth-order valence-corrected chi connectivity index (χ4v) is 4.39. The first-order chi connectivity index (χ1) is 10.9. The van der Waals surface area contributed by atoms with Gasteiger partial charge in [0, 0.05) is 25.2 Å². The molecule has 0 saturated heterocycles. The monoisotopic (exact) mass is 337 g/mol. The van der Waals surface area contributed by atoms with Crippen LogP contribution in [0.4, 0.5) is 4.39 Å². The second kappa shape index (κ2) is 6.05. The van der Waals surface area contributed by atoms with Gasteiger partial charge in [0.1, 0.15) is 10.7 Å². The molecule has 124 valence electrons. The molecule has 1 N–H and O–H groups in total. The summed E-state index contributed by atoms with van der Waals surface area (Å²) < 4.78 is 42.2. The zero-order valence-corrected chi connectivity index (χ0v) is 13.8. The number of hydrogen-bond donors (Lipinski definition) is 1. The summed E-state index contributed by atoms with van der Waals surface area (Å²) >= 11 is 0. The lowest BCUT2D eigenvalue weighted by Crippen LogP contribution is -2.38. The molecule has 23 heavy (non-hydrogen) atoms. The molecule has 0 atom stereocenters. The highest BCUT2D eigenvalue weighted by Crippen LogP contribution is 2.40. The van der Waals surface area contributed by atoms with Crippen LogP contribution in [0.25, 0.3) is 0 Å². The highest BCUT2D eigenvalue weighted by Gasteiger charge is 2.36. The van der Waals surface area contributed by atoms with Crippen LogP contribution < -0.4 is 4.72 Å². The Kier molecular flexibility index (Phi) is 4.25. The van der Waals surface area contributed by atoms with Gasteiger partial charge in [0.25, 0.3) is 0 Å². The van der Waals surface area contributed by atoms with Crippen molar-refractivity contribution >= 4 is 10.0 Å². The normalized spacial score (nSPS) is 17.5. The van der Waals surface area contributed by atoms with Crippen molar-refractivity contribution in [2.75, 3.05) is 6.54 Å². The topological polar surface area (TPSA) is 64.0 Å². The molecule has 1 aliphatic carbocycles. The molecule has 0 amide bonds. The second-order valence-corrected chi connectivity index (χ2v) is 7.94. The first-order valence-corrected chi connectivity index (χ1v) is 9.14. The minimum absolute atomic E-state index is 0.159. The third-order valence-electron chi connectivity index (χ3n) is 4.61. The van der Waals surface area contributed by atoms with Gasteiger partial charge in [0.15, 0.2) is 0 Å². The Morgan fingerprint density at radius 3 is 2.48 bits per heavy atom. The van der Waals surface area contributed by atoms with Gasteiger partial charge in [0.05, 0.1) is 6.20 Å². The molecular formula is C16H20FN3O2S. The molecule has 1 aromatic carbocycles. The maximum Gasteiger partial charge on any atom is 0.243 e. The standard InChI is InChI=1S/C16H20FN3O2S/c1-20-11-15(10-18-20)23(21,22)19-12-16(8-2-3-9-16)13-4-6-14(17)7-5-13/h4-7,10-11,19H,2-3,8-9,12H2,1H3. The van der Waals surface area contributed by atoms with Crippen LogP contribution in [0.3, 0.4) is 0 Å². The third-order valence-corrected chi connectivity index (χ3v) is 5.97. The Morgan fingerprint density at radius 2 is 1.91 bits per heavy atom. The molecular weight excluding hydrogens is 317 g/mol. The number of aromatic nitrogens is 2. The van der Waals surface area contributed by atoms with E-state index in [4.69, 9.17) is 0 Å². The molecule has 1 aliphatic rings. The number of nitrogens with zero attached hydrogens (tertiary/aromatic N) is 2. The highest BCUT2D eigenvalue weighted by atomic mass is 32.2. The number of benzene rings is 1. The van der Waals surface area contributed by atoms with Gasteiger partial charge in [0.2, 0.25) is 10.0 Å². The van der Waals surface area contributed by atoms with Crippen molar-refractivity contribution in [3.05, 3.63) is 48.0 Å². The molecule has 0 bridgehead atoms. The second-order valence-electron chi connectivity index (χ2n) is 6.17. The lowest BCUT2D eigenvalue weighted by Gasteiger charge is -2.29. The first kappa shape index (κ1) is 16.1. The van der Waals surface area contributed by atoms with E-state index in [-0.39, 0.29) is 16.1 Å². The molecule has 7 heteroatoms. The van der Waals surface area contributed by atoms with E-state index in [0.29, 0.717) is 6.54 Å². The molecule has 0 spiro atoms. The summed E-state index contributed by atoms with van der Waals surface area (Å²) in [7, 11) is -1.91. The van der Waals surface area contributed by atoms with Gasteiger partial charge in [-0.2, -0.15) is 5.10 Å². The van der Waals surface area contributed by atoms with Crippen LogP contribution in [0.15, 0.2) is 41.6 Å². The van der Waals surface area contributed by atoms with E-state index in [1.807, 2.05) is 0 Å². The smallest absolute Gasteiger partial charge is 0.243 e. The Morgan fingerprint density at radius 1 is 1.26 bits per heavy atom. The summed E-state index contributed by atoms with van der Waals surface area (Å²) in [6, 6.07) is 6.40. The SMILES string of the molecule is Cn1cc(S(=O)(=O)NCC2(c3ccc(F)cc3)CCCC2)cn1. The zero-order chi connectivity index (χ0) is 16.5. The van der Waals surface area contributed by atoms with Gasteiger partial charge in [-0.15, -0.1) is 0 Å². The van der Waals surface area contributed by atoms with Crippen LogP contribution in [0, 0.1) is 5.82 Å². The average molecular weight is 337 g/mol. The Labute approximate surface area is 135 Å². The fraction of sp³-hybridized carbons (Fsp3) is 0.438. The molecule has 2 aromatic rings. The number of rotatable bonds is 5. The van der Waals surface area contributed by atoms with E-state index in [2.05, 4.69) is 9.82 Å². The quantitative estimate of drug-likeness (QED) is 0.911. The number of hydrogen-bond acceptors (Lipinski definition) is 3. The molecule has 1 aromatic heterocycles. The van der Waals surface area contributed by atoms with E-state index in [0.717, 1.165) is 31.2 Å². The summed E-state index contributed by atoms with van der Waals surface area (Å²) in [5, 5.41) is 3.90. The van der Waals surface area contributed by atoms with Crippen LogP contribution in [-0.2, 0) is 22.5 Å². The van der Waals surface area contributed by atoms with Crippen molar-refractivity contribution in [2.24, 2.45) is 7.05 Å². The van der Waals surface area contributed by atoms with Crippen LogP contribution in [-0.4, -0.2) is 24.7 Å². The summed E-state index contributed by atoms with van der Waals surface area (Å²) in [5.41, 5.74) is 0.730. The zero-order valence-electron chi connectivity index (χ0n) is 13.0. The molecule has 1 heterocycles. The van der Waals surface area contributed by atoms with Crippen LogP contribution in [0.5, 0.6) is 0 Å². The molecule has 0 aliphatic heterocycles. The first-order valence-electron chi connectivity index (χ1n) is 7.66. The summed E-state index contributed by atoms with van der Waals surface area (Å²) in [4.78, 5) is 0.159. The minimum atomic E-state index is -3.59. The Hall–Kier alpha value is -1.73. The largest absolute Gasteiger partial charge is 0.274 e. The molecule has 1 fully saturated rings. The van der Waals surface area contributed by atoms with Gasteiger partial charge in [-0.25, -0.2) is 17.5 Å². The maximum absolute atomic E-state index is 13.2. The van der Waals surface area contributed by atoms with Crippen LogP contribution >= 0.6 is 0 Å². The number of sulfonamides is 1. The lowest BCUT2D eigenvalue weighted by molar-refractivity contribution is 0.431. The fourth-order valence-electron chi connectivity index (χ4n) is 3.28. The molecule has 1 saturated carbocycles. The van der Waals surface area contributed by atoms with Crippen molar-refractivity contribution < 1.29 is 12.8 Å². The summed E-state index contributed by atoms with van der Waals surface area (Å²) in [6.07, 6.45) is 6.70. The van der Waals surface area contributed by atoms with Gasteiger partial charge in [-0.3, -0.25) is 4.68 Å². The summed E-state index contributed by atoms with van der Waals surface area (Å²) in [5.74, 6) is -0.280. The predicted octanol–water partition coefficient (Wildman–Crippen LogP) is 2.35. The number of aryl methyl sites for hydroxylation is 1. The molecule has 0 radical (unpaired) electrons.